The predicted molar refractivity (Wildman–Crippen MR) is 82.4 cm³/mol. The van der Waals surface area contributed by atoms with Crippen molar-refractivity contribution in [2.24, 2.45) is 0 Å². The van der Waals surface area contributed by atoms with Crippen LogP contribution in [-0.4, -0.2) is 40.5 Å². The Bertz CT molecular complexity index is 406. The molecule has 1 amide bonds. The number of halogens is 1. The molecule has 0 aliphatic carbocycles. The average Bonchev–Trinajstić information content (AvgIpc) is 2.75. The van der Waals surface area contributed by atoms with Crippen molar-refractivity contribution in [1.29, 1.82) is 0 Å². The first-order valence-electron chi connectivity index (χ1n) is 6.16. The molecule has 0 saturated carbocycles. The number of hydrogen-bond donors (Lipinski definition) is 0. The number of rotatable bonds is 6. The molecule has 18 heavy (non-hydrogen) atoms. The Balaban J connectivity index is 2.91. The predicted octanol–water partition coefficient (Wildman–Crippen LogP) is 3.48. The minimum Gasteiger partial charge on any atom is -0.343 e. The maximum Gasteiger partial charge on any atom is 0.270 e. The minimum absolute atomic E-state index is 0.100. The normalized spacial score (nSPS) is 12.5. The summed E-state index contributed by atoms with van der Waals surface area (Å²) in [5, 5.41) is 0. The fraction of sp³-hybridized carbons (Fsp3) is 0.615. The molecule has 3 nitrogen and oxygen atoms in total. The van der Waals surface area contributed by atoms with Crippen molar-refractivity contribution in [2.75, 3.05) is 19.1 Å². The highest BCUT2D eigenvalue weighted by atomic mass is 79.9. The second kappa shape index (κ2) is 7.24. The highest BCUT2D eigenvalue weighted by Gasteiger charge is 2.22. The number of nitrogens with zero attached hydrogens (tertiary/aromatic N) is 2. The van der Waals surface area contributed by atoms with Crippen LogP contribution < -0.4 is 0 Å². The lowest BCUT2D eigenvalue weighted by atomic mass is 10.2. The van der Waals surface area contributed by atoms with E-state index in [0.29, 0.717) is 6.04 Å². The first kappa shape index (κ1) is 15.6. The zero-order chi connectivity index (χ0) is 13.7. The molecule has 1 rings (SSSR count). The SMILES string of the molecule is CCC(CSC)N(C)C(=O)c1cc(Br)cn1CC. The molecule has 102 valence electrons. The molecule has 0 aromatic carbocycles. The highest BCUT2D eigenvalue weighted by Crippen LogP contribution is 2.18. The first-order valence-corrected chi connectivity index (χ1v) is 8.35. The van der Waals surface area contributed by atoms with Gasteiger partial charge in [-0.3, -0.25) is 4.79 Å². The average molecular weight is 333 g/mol. The van der Waals surface area contributed by atoms with E-state index in [0.717, 1.165) is 28.9 Å². The molecule has 0 fully saturated rings. The monoisotopic (exact) mass is 332 g/mol. The van der Waals surface area contributed by atoms with Crippen LogP contribution >= 0.6 is 27.7 Å². The van der Waals surface area contributed by atoms with Gasteiger partial charge in [0.05, 0.1) is 0 Å². The Labute approximate surface area is 122 Å². The van der Waals surface area contributed by atoms with Gasteiger partial charge >= 0.3 is 0 Å². The molecule has 1 aromatic heterocycles. The largest absolute Gasteiger partial charge is 0.343 e. The minimum atomic E-state index is 0.100. The van der Waals surface area contributed by atoms with Crippen molar-refractivity contribution in [1.82, 2.24) is 9.47 Å². The lowest BCUT2D eigenvalue weighted by Crippen LogP contribution is -2.39. The Morgan fingerprint density at radius 3 is 2.72 bits per heavy atom. The van der Waals surface area contributed by atoms with Crippen LogP contribution in [0.5, 0.6) is 0 Å². The molecule has 1 unspecified atom stereocenters. The summed E-state index contributed by atoms with van der Waals surface area (Å²) in [4.78, 5) is 14.4. The molecule has 0 aliphatic heterocycles. The van der Waals surface area contributed by atoms with E-state index in [1.165, 1.54) is 0 Å². The van der Waals surface area contributed by atoms with Gasteiger partial charge in [0.15, 0.2) is 0 Å². The van der Waals surface area contributed by atoms with Gasteiger partial charge in [0.25, 0.3) is 5.91 Å². The van der Waals surface area contributed by atoms with E-state index in [1.54, 1.807) is 11.8 Å². The lowest BCUT2D eigenvalue weighted by molar-refractivity contribution is 0.0733. The van der Waals surface area contributed by atoms with Crippen LogP contribution in [0.4, 0.5) is 0 Å². The highest BCUT2D eigenvalue weighted by molar-refractivity contribution is 9.10. The van der Waals surface area contributed by atoms with Crippen molar-refractivity contribution < 1.29 is 4.79 Å². The fourth-order valence-corrected chi connectivity index (χ4v) is 3.27. The van der Waals surface area contributed by atoms with Crippen LogP contribution in [0.3, 0.4) is 0 Å². The number of aromatic nitrogens is 1. The van der Waals surface area contributed by atoms with Gasteiger partial charge in [0, 0.05) is 36.1 Å². The molecular weight excluding hydrogens is 312 g/mol. The summed E-state index contributed by atoms with van der Waals surface area (Å²) >= 11 is 5.21. The second-order valence-corrected chi connectivity index (χ2v) is 6.09. The van der Waals surface area contributed by atoms with Gasteiger partial charge in [0.2, 0.25) is 0 Å². The Morgan fingerprint density at radius 1 is 1.56 bits per heavy atom. The number of amides is 1. The van der Waals surface area contributed by atoms with E-state index >= 15 is 0 Å². The van der Waals surface area contributed by atoms with Gasteiger partial charge < -0.3 is 9.47 Å². The molecule has 5 heteroatoms. The number of carbonyl (C=O) groups excluding carboxylic acids is 1. The zero-order valence-corrected chi connectivity index (χ0v) is 13.8. The van der Waals surface area contributed by atoms with Crippen molar-refractivity contribution >= 4 is 33.6 Å². The summed E-state index contributed by atoms with van der Waals surface area (Å²) < 4.78 is 2.94. The van der Waals surface area contributed by atoms with Gasteiger partial charge in [-0.2, -0.15) is 11.8 Å². The van der Waals surface area contributed by atoms with Gasteiger partial charge in [-0.15, -0.1) is 0 Å². The summed E-state index contributed by atoms with van der Waals surface area (Å²) in [6.45, 7) is 4.97. The van der Waals surface area contributed by atoms with E-state index in [9.17, 15) is 4.79 Å². The maximum atomic E-state index is 12.5. The van der Waals surface area contributed by atoms with Crippen molar-refractivity contribution in [3.05, 3.63) is 22.4 Å². The molecule has 1 aromatic rings. The zero-order valence-electron chi connectivity index (χ0n) is 11.4. The Hall–Kier alpha value is -0.420. The van der Waals surface area contributed by atoms with Crippen molar-refractivity contribution in [3.63, 3.8) is 0 Å². The molecule has 0 N–H and O–H groups in total. The van der Waals surface area contributed by atoms with Gasteiger partial charge in [-0.25, -0.2) is 0 Å². The van der Waals surface area contributed by atoms with E-state index in [2.05, 4.69) is 29.1 Å². The number of hydrogen-bond acceptors (Lipinski definition) is 2. The Kier molecular flexibility index (Phi) is 6.29. The van der Waals surface area contributed by atoms with Crippen LogP contribution in [0.25, 0.3) is 0 Å². The third-order valence-electron chi connectivity index (χ3n) is 3.12. The van der Waals surface area contributed by atoms with Crippen LogP contribution in [-0.2, 0) is 6.54 Å². The van der Waals surface area contributed by atoms with E-state index < -0.39 is 0 Å². The molecule has 0 aliphatic rings. The van der Waals surface area contributed by atoms with Crippen LogP contribution in [0.15, 0.2) is 16.7 Å². The molecule has 1 heterocycles. The molecular formula is C13H21BrN2OS. The smallest absolute Gasteiger partial charge is 0.270 e. The van der Waals surface area contributed by atoms with Crippen LogP contribution in [0.1, 0.15) is 30.8 Å². The van der Waals surface area contributed by atoms with Gasteiger partial charge in [-0.1, -0.05) is 6.92 Å². The van der Waals surface area contributed by atoms with Gasteiger partial charge in [-0.05, 0) is 41.6 Å². The van der Waals surface area contributed by atoms with Crippen molar-refractivity contribution in [2.45, 2.75) is 32.9 Å². The quantitative estimate of drug-likeness (QED) is 0.796. The third-order valence-corrected chi connectivity index (χ3v) is 4.27. The summed E-state index contributed by atoms with van der Waals surface area (Å²) in [6, 6.07) is 2.19. The topological polar surface area (TPSA) is 25.2 Å². The number of thioether (sulfide) groups is 1. The summed E-state index contributed by atoms with van der Waals surface area (Å²) in [5.41, 5.74) is 0.756. The van der Waals surface area contributed by atoms with Crippen molar-refractivity contribution in [3.8, 4) is 0 Å². The van der Waals surface area contributed by atoms with E-state index in [4.69, 9.17) is 0 Å². The first-order chi connectivity index (χ1) is 8.54. The molecule has 0 saturated heterocycles. The molecule has 0 radical (unpaired) electrons. The molecule has 0 spiro atoms. The van der Waals surface area contributed by atoms with E-state index in [1.807, 2.05) is 35.7 Å². The van der Waals surface area contributed by atoms with Crippen LogP contribution in [0, 0.1) is 0 Å². The maximum absolute atomic E-state index is 12.5. The van der Waals surface area contributed by atoms with Gasteiger partial charge in [0.1, 0.15) is 5.69 Å². The number of carbonyl (C=O) groups is 1. The van der Waals surface area contributed by atoms with E-state index in [-0.39, 0.29) is 5.91 Å². The Morgan fingerprint density at radius 2 is 2.22 bits per heavy atom. The number of aryl methyl sites for hydroxylation is 1. The summed E-state index contributed by atoms with van der Waals surface area (Å²) in [7, 11) is 1.90. The standard InChI is InChI=1S/C13H21BrN2OS/c1-5-11(9-18-4)15(3)13(17)12-7-10(14)8-16(12)6-2/h7-8,11H,5-6,9H2,1-4H3. The van der Waals surface area contributed by atoms with Crippen LogP contribution in [0.2, 0.25) is 0 Å². The molecule has 1 atom stereocenters. The summed E-state index contributed by atoms with van der Waals surface area (Å²) in [5.74, 6) is 1.08. The summed E-state index contributed by atoms with van der Waals surface area (Å²) in [6.07, 6.45) is 5.01. The second-order valence-electron chi connectivity index (χ2n) is 4.26. The third kappa shape index (κ3) is 3.54. The molecule has 0 bridgehead atoms. The fourth-order valence-electron chi connectivity index (χ4n) is 1.96. The lowest BCUT2D eigenvalue weighted by Gasteiger charge is -2.27.